The molecule has 0 N–H and O–H groups in total. The summed E-state index contributed by atoms with van der Waals surface area (Å²) in [7, 11) is 1.18. The minimum absolute atomic E-state index is 0.0293. The number of quaternary nitrogens is 1. The molecule has 10 heteroatoms. The zero-order chi connectivity index (χ0) is 54.9. The average molecular weight is 1080 g/mol. The fourth-order valence-corrected chi connectivity index (χ4v) is 10.4. The van der Waals surface area contributed by atoms with E-state index in [0.29, 0.717) is 17.4 Å². The lowest BCUT2D eigenvalue weighted by Gasteiger charge is -2.28. The van der Waals surface area contributed by atoms with E-state index in [4.69, 9.17) is 18.5 Å². The Bertz CT molecular complexity index is 1320. The van der Waals surface area contributed by atoms with Crippen molar-refractivity contribution in [2.45, 2.75) is 335 Å². The molecule has 0 aromatic rings. The van der Waals surface area contributed by atoms with Gasteiger partial charge in [0.05, 0.1) is 27.7 Å². The molecular weight excluding hydrogens is 954 g/mol. The van der Waals surface area contributed by atoms with Gasteiger partial charge in [-0.3, -0.25) is 14.2 Å². The minimum Gasteiger partial charge on any atom is -0.756 e. The number of carbonyl (C=O) groups excluding carboxylic acids is 2. The molecule has 9 nitrogen and oxygen atoms in total. The molecular formula is C65H126NO8P. The topological polar surface area (TPSA) is 111 Å². The van der Waals surface area contributed by atoms with Crippen molar-refractivity contribution in [1.82, 2.24) is 0 Å². The summed E-state index contributed by atoms with van der Waals surface area (Å²) in [5, 5.41) is 0. The van der Waals surface area contributed by atoms with Gasteiger partial charge in [-0.15, -0.1) is 0 Å². The Kier molecular flexibility index (Phi) is 56.0. The molecule has 2 atom stereocenters. The number of esters is 2. The lowest BCUT2D eigenvalue weighted by Crippen LogP contribution is -2.37. The molecule has 0 aliphatic carbocycles. The van der Waals surface area contributed by atoms with Crippen LogP contribution in [0.1, 0.15) is 328 Å². The van der Waals surface area contributed by atoms with Crippen LogP contribution in [-0.2, 0) is 32.7 Å². The van der Waals surface area contributed by atoms with Gasteiger partial charge >= 0.3 is 11.9 Å². The van der Waals surface area contributed by atoms with Gasteiger partial charge in [0.25, 0.3) is 7.82 Å². The lowest BCUT2D eigenvalue weighted by molar-refractivity contribution is -0.870. The number of phosphoric acid groups is 1. The monoisotopic (exact) mass is 1080 g/mol. The average Bonchev–Trinajstić information content (AvgIpc) is 3.37. The van der Waals surface area contributed by atoms with Crippen molar-refractivity contribution in [2.75, 3.05) is 47.5 Å². The van der Waals surface area contributed by atoms with Crippen LogP contribution in [-0.4, -0.2) is 70.0 Å². The Morgan fingerprint density at radius 1 is 0.400 bits per heavy atom. The maximum Gasteiger partial charge on any atom is 0.306 e. The van der Waals surface area contributed by atoms with E-state index in [-0.39, 0.29) is 32.0 Å². The van der Waals surface area contributed by atoms with Crippen LogP contribution in [0.4, 0.5) is 0 Å². The van der Waals surface area contributed by atoms with Gasteiger partial charge in [-0.05, 0) is 57.8 Å². The van der Waals surface area contributed by atoms with Gasteiger partial charge in [0.1, 0.15) is 19.8 Å². The summed E-state index contributed by atoms with van der Waals surface area (Å²) in [5.41, 5.74) is 0. The molecule has 0 radical (unpaired) electrons. The van der Waals surface area contributed by atoms with E-state index < -0.39 is 26.5 Å². The van der Waals surface area contributed by atoms with Crippen LogP contribution in [0.2, 0.25) is 0 Å². The van der Waals surface area contributed by atoms with Crippen LogP contribution < -0.4 is 4.89 Å². The Morgan fingerprint density at radius 2 is 0.707 bits per heavy atom. The third-order valence-electron chi connectivity index (χ3n) is 14.7. The van der Waals surface area contributed by atoms with Gasteiger partial charge in [-0.25, -0.2) is 0 Å². The molecule has 0 spiro atoms. The number of unbranched alkanes of at least 4 members (excludes halogenated alkanes) is 43. The molecule has 0 aromatic carbocycles. The first kappa shape index (κ1) is 73.5. The van der Waals surface area contributed by atoms with E-state index >= 15 is 0 Å². The van der Waals surface area contributed by atoms with Crippen molar-refractivity contribution in [3.63, 3.8) is 0 Å². The van der Waals surface area contributed by atoms with E-state index in [0.717, 1.165) is 57.8 Å². The van der Waals surface area contributed by atoms with Crippen molar-refractivity contribution in [3.8, 4) is 0 Å². The molecule has 444 valence electrons. The van der Waals surface area contributed by atoms with Gasteiger partial charge in [0, 0.05) is 12.8 Å². The predicted octanol–water partition coefficient (Wildman–Crippen LogP) is 19.9. The molecule has 0 rings (SSSR count). The van der Waals surface area contributed by atoms with E-state index in [1.54, 1.807) is 0 Å². The third kappa shape index (κ3) is 61.6. The summed E-state index contributed by atoms with van der Waals surface area (Å²) in [5.74, 6) is -0.832. The number of carbonyl (C=O) groups is 2. The highest BCUT2D eigenvalue weighted by molar-refractivity contribution is 7.45. The SMILES string of the molecule is CCC/C=C\CCCCCCCC(=O)OCC(COP(=O)([O-])OCC[N+](C)(C)C)OC(=O)CCCCCCCCCCCCCCCCCCCCCCCCCCCCCCC/C=C\CCCCCCCCCC. The number of hydrogen-bond donors (Lipinski definition) is 0. The maximum atomic E-state index is 12.8. The zero-order valence-electron chi connectivity index (χ0n) is 50.5. The highest BCUT2D eigenvalue weighted by atomic mass is 31.2. The number of nitrogens with zero attached hydrogens (tertiary/aromatic N) is 1. The van der Waals surface area contributed by atoms with Crippen LogP contribution in [0.15, 0.2) is 24.3 Å². The summed E-state index contributed by atoms with van der Waals surface area (Å²) in [4.78, 5) is 37.7. The molecule has 0 aromatic heterocycles. The Balaban J connectivity index is 3.76. The Morgan fingerprint density at radius 3 is 1.04 bits per heavy atom. The third-order valence-corrected chi connectivity index (χ3v) is 15.6. The first-order valence-electron chi connectivity index (χ1n) is 32.5. The van der Waals surface area contributed by atoms with Gasteiger partial charge in [0.2, 0.25) is 0 Å². The first-order chi connectivity index (χ1) is 36.5. The quantitative estimate of drug-likeness (QED) is 0.0195. The zero-order valence-corrected chi connectivity index (χ0v) is 51.4. The first-order valence-corrected chi connectivity index (χ1v) is 34.0. The fourth-order valence-electron chi connectivity index (χ4n) is 9.66. The predicted molar refractivity (Wildman–Crippen MR) is 319 cm³/mol. The summed E-state index contributed by atoms with van der Waals surface area (Å²) in [6.07, 6.45) is 70.2. The van der Waals surface area contributed by atoms with E-state index in [1.807, 2.05) is 21.1 Å². The number of phosphoric ester groups is 1. The lowest BCUT2D eigenvalue weighted by atomic mass is 10.0. The molecule has 0 saturated heterocycles. The van der Waals surface area contributed by atoms with Crippen LogP contribution >= 0.6 is 7.82 Å². The standard InChI is InChI=1S/C65H126NO8P/c1-6-8-10-12-14-16-18-19-20-21-22-23-24-25-26-27-28-29-30-31-32-33-34-35-36-37-38-39-40-41-42-43-44-45-46-47-48-50-52-54-56-58-65(68)74-63(62-73-75(69,70)72-60-59-66(3,4)5)61-71-64(67)57-55-53-51-49-17-15-13-11-9-7-2/h11,13,21-22,63H,6-10,12,14-20,23-62H2,1-5H3/b13-11-,22-21-. The molecule has 2 unspecified atom stereocenters. The van der Waals surface area contributed by atoms with E-state index in [9.17, 15) is 19.0 Å². The Labute approximate surface area is 466 Å². The molecule has 0 bridgehead atoms. The second-order valence-corrected chi connectivity index (χ2v) is 24.9. The number of allylic oxidation sites excluding steroid dienone is 4. The van der Waals surface area contributed by atoms with Crippen LogP contribution in [0, 0.1) is 0 Å². The maximum absolute atomic E-state index is 12.8. The second-order valence-electron chi connectivity index (χ2n) is 23.5. The molecule has 0 aliphatic heterocycles. The molecule has 0 aliphatic rings. The number of ether oxygens (including phenoxy) is 2. The van der Waals surface area contributed by atoms with Crippen LogP contribution in [0.3, 0.4) is 0 Å². The highest BCUT2D eigenvalue weighted by Crippen LogP contribution is 2.38. The largest absolute Gasteiger partial charge is 0.756 e. The van der Waals surface area contributed by atoms with E-state index in [2.05, 4.69) is 38.2 Å². The van der Waals surface area contributed by atoms with Gasteiger partial charge < -0.3 is 27.9 Å². The molecule has 0 amide bonds. The fraction of sp³-hybridized carbons (Fsp3) is 0.908. The van der Waals surface area contributed by atoms with Crippen LogP contribution in [0.5, 0.6) is 0 Å². The molecule has 0 fully saturated rings. The molecule has 0 saturated carbocycles. The van der Waals surface area contributed by atoms with Crippen molar-refractivity contribution >= 4 is 19.8 Å². The van der Waals surface area contributed by atoms with Crippen molar-refractivity contribution < 1.29 is 42.1 Å². The normalized spacial score (nSPS) is 13.3. The number of hydrogen-bond acceptors (Lipinski definition) is 8. The van der Waals surface area contributed by atoms with Crippen molar-refractivity contribution in [3.05, 3.63) is 24.3 Å². The van der Waals surface area contributed by atoms with Crippen molar-refractivity contribution in [2.24, 2.45) is 0 Å². The summed E-state index contributed by atoms with van der Waals surface area (Å²) in [6.45, 7) is 4.20. The second kappa shape index (κ2) is 57.2. The summed E-state index contributed by atoms with van der Waals surface area (Å²) >= 11 is 0. The highest BCUT2D eigenvalue weighted by Gasteiger charge is 2.22. The minimum atomic E-state index is -4.63. The Hall–Kier alpha value is -1.51. The van der Waals surface area contributed by atoms with Gasteiger partial charge in [-0.2, -0.15) is 0 Å². The van der Waals surface area contributed by atoms with Crippen LogP contribution in [0.25, 0.3) is 0 Å². The summed E-state index contributed by atoms with van der Waals surface area (Å²) in [6, 6.07) is 0. The van der Waals surface area contributed by atoms with E-state index in [1.165, 1.54) is 238 Å². The smallest absolute Gasteiger partial charge is 0.306 e. The van der Waals surface area contributed by atoms with Gasteiger partial charge in [-0.1, -0.05) is 282 Å². The number of likely N-dealkylation sites (N-methyl/N-ethyl adjacent to an activating group) is 1. The van der Waals surface area contributed by atoms with Crippen molar-refractivity contribution in [1.29, 1.82) is 0 Å². The summed E-state index contributed by atoms with van der Waals surface area (Å²) < 4.78 is 34.1. The molecule has 0 heterocycles. The van der Waals surface area contributed by atoms with Gasteiger partial charge in [0.15, 0.2) is 6.10 Å². The molecule has 75 heavy (non-hydrogen) atoms. The number of rotatable bonds is 61.